The van der Waals surface area contributed by atoms with Crippen molar-refractivity contribution in [3.8, 4) is 0 Å². The van der Waals surface area contributed by atoms with Gasteiger partial charge in [-0.25, -0.2) is 0 Å². The SMILES string of the molecule is CC[Si](CC)(CC)c1cc2cc(Cl)ccc2s1. The Kier molecular flexibility index (Phi) is 3.96. The van der Waals surface area contributed by atoms with Crippen LogP contribution >= 0.6 is 22.9 Å². The van der Waals surface area contributed by atoms with E-state index in [1.165, 1.54) is 28.2 Å². The lowest BCUT2D eigenvalue weighted by molar-refractivity contribution is 1.20. The molecule has 0 aliphatic heterocycles. The molecule has 1 aromatic heterocycles. The standard InChI is InChI=1S/C14H19ClSSi/c1-4-17(5-2,6-3)14-10-11-9-12(15)7-8-13(11)16-14/h7-10H,4-6H2,1-3H3. The summed E-state index contributed by atoms with van der Waals surface area (Å²) in [6.07, 6.45) is 0. The van der Waals surface area contributed by atoms with Gasteiger partial charge in [0.15, 0.2) is 0 Å². The highest BCUT2D eigenvalue weighted by Crippen LogP contribution is 2.29. The maximum Gasteiger partial charge on any atom is 0.0987 e. The average molecular weight is 283 g/mol. The molecular weight excluding hydrogens is 264 g/mol. The molecule has 92 valence electrons. The summed E-state index contributed by atoms with van der Waals surface area (Å²) in [6, 6.07) is 12.7. The van der Waals surface area contributed by atoms with Crippen LogP contribution in [-0.4, -0.2) is 8.07 Å². The Labute approximate surface area is 114 Å². The zero-order chi connectivity index (χ0) is 12.5. The van der Waals surface area contributed by atoms with E-state index in [2.05, 4.69) is 39.0 Å². The van der Waals surface area contributed by atoms with Crippen LogP contribution in [0.5, 0.6) is 0 Å². The van der Waals surface area contributed by atoms with E-state index in [0.29, 0.717) is 0 Å². The van der Waals surface area contributed by atoms with Crippen molar-refractivity contribution in [3.05, 3.63) is 29.3 Å². The number of hydrogen-bond acceptors (Lipinski definition) is 1. The zero-order valence-electron chi connectivity index (χ0n) is 10.7. The normalized spacial score (nSPS) is 12.2. The molecule has 0 amide bonds. The first-order valence-electron chi connectivity index (χ1n) is 6.34. The lowest BCUT2D eigenvalue weighted by Gasteiger charge is -2.26. The van der Waals surface area contributed by atoms with E-state index >= 15 is 0 Å². The Morgan fingerprint density at radius 3 is 2.29 bits per heavy atom. The molecule has 0 N–H and O–H groups in total. The van der Waals surface area contributed by atoms with Gasteiger partial charge in [-0.15, -0.1) is 11.3 Å². The predicted octanol–water partition coefficient (Wildman–Crippen LogP) is 5.27. The molecule has 0 unspecified atom stereocenters. The number of hydrogen-bond donors (Lipinski definition) is 0. The first kappa shape index (κ1) is 13.1. The van der Waals surface area contributed by atoms with Gasteiger partial charge in [0.25, 0.3) is 0 Å². The molecule has 1 aromatic carbocycles. The van der Waals surface area contributed by atoms with Crippen LogP contribution in [0.4, 0.5) is 0 Å². The Hall–Kier alpha value is -0.313. The molecule has 0 bridgehead atoms. The molecule has 0 saturated carbocycles. The van der Waals surface area contributed by atoms with Crippen molar-refractivity contribution in [3.63, 3.8) is 0 Å². The number of thiophene rings is 1. The Morgan fingerprint density at radius 2 is 1.71 bits per heavy atom. The minimum atomic E-state index is -1.22. The fourth-order valence-electron chi connectivity index (χ4n) is 2.55. The fourth-order valence-corrected chi connectivity index (χ4v) is 9.03. The highest BCUT2D eigenvalue weighted by atomic mass is 35.5. The molecule has 0 radical (unpaired) electrons. The van der Waals surface area contributed by atoms with Gasteiger partial charge in [0.05, 0.1) is 8.07 Å². The summed E-state index contributed by atoms with van der Waals surface area (Å²) in [5, 5.41) is 2.17. The Bertz CT molecular complexity index is 506. The second-order valence-corrected chi connectivity index (χ2v) is 11.7. The Morgan fingerprint density at radius 1 is 1.06 bits per heavy atom. The molecule has 0 atom stereocenters. The second kappa shape index (κ2) is 5.13. The van der Waals surface area contributed by atoms with Crippen molar-refractivity contribution >= 4 is 45.6 Å². The summed E-state index contributed by atoms with van der Waals surface area (Å²) >= 11 is 8.05. The maximum absolute atomic E-state index is 6.06. The molecule has 2 rings (SSSR count). The summed E-state index contributed by atoms with van der Waals surface area (Å²) in [5.74, 6) is 0. The van der Waals surface area contributed by atoms with Gasteiger partial charge >= 0.3 is 0 Å². The largest absolute Gasteiger partial charge is 0.145 e. The molecule has 0 fully saturated rings. The van der Waals surface area contributed by atoms with Crippen LogP contribution in [0.1, 0.15) is 20.8 Å². The van der Waals surface area contributed by atoms with E-state index < -0.39 is 8.07 Å². The van der Waals surface area contributed by atoms with Crippen molar-refractivity contribution < 1.29 is 0 Å². The van der Waals surface area contributed by atoms with Gasteiger partial charge in [0.1, 0.15) is 0 Å². The van der Waals surface area contributed by atoms with Crippen molar-refractivity contribution in [2.75, 3.05) is 0 Å². The van der Waals surface area contributed by atoms with Gasteiger partial charge in [-0.05, 0) is 34.2 Å². The lowest BCUT2D eigenvalue weighted by Crippen LogP contribution is -2.43. The van der Waals surface area contributed by atoms with Crippen molar-refractivity contribution in [2.24, 2.45) is 0 Å². The highest BCUT2D eigenvalue weighted by molar-refractivity contribution is 7.31. The first-order chi connectivity index (χ1) is 8.15. The van der Waals surface area contributed by atoms with E-state index in [0.717, 1.165) is 5.02 Å². The average Bonchev–Trinajstić information content (AvgIpc) is 2.75. The van der Waals surface area contributed by atoms with Crippen LogP contribution < -0.4 is 4.50 Å². The van der Waals surface area contributed by atoms with Gasteiger partial charge in [0.2, 0.25) is 0 Å². The van der Waals surface area contributed by atoms with E-state index in [-0.39, 0.29) is 0 Å². The number of halogens is 1. The summed E-state index contributed by atoms with van der Waals surface area (Å²) < 4.78 is 3.04. The third-order valence-corrected chi connectivity index (χ3v) is 12.1. The molecule has 0 saturated heterocycles. The van der Waals surface area contributed by atoms with Crippen LogP contribution in [0, 0.1) is 0 Å². The van der Waals surface area contributed by atoms with Gasteiger partial charge in [-0.2, -0.15) is 0 Å². The molecule has 1 heterocycles. The van der Waals surface area contributed by atoms with E-state index in [1.807, 2.05) is 17.4 Å². The number of rotatable bonds is 4. The smallest absolute Gasteiger partial charge is 0.0987 e. The molecule has 0 aliphatic rings. The molecular formula is C14H19ClSSi. The highest BCUT2D eigenvalue weighted by Gasteiger charge is 2.30. The lowest BCUT2D eigenvalue weighted by atomic mass is 10.3. The van der Waals surface area contributed by atoms with Crippen LogP contribution in [0.3, 0.4) is 0 Å². The van der Waals surface area contributed by atoms with Crippen LogP contribution in [0.25, 0.3) is 10.1 Å². The van der Waals surface area contributed by atoms with E-state index in [9.17, 15) is 0 Å². The fraction of sp³-hybridized carbons (Fsp3) is 0.429. The third kappa shape index (κ3) is 2.31. The quantitative estimate of drug-likeness (QED) is 0.670. The summed E-state index contributed by atoms with van der Waals surface area (Å²) in [5.41, 5.74) is 0. The molecule has 0 spiro atoms. The molecule has 3 heteroatoms. The van der Waals surface area contributed by atoms with Gasteiger partial charge in [-0.3, -0.25) is 0 Å². The van der Waals surface area contributed by atoms with E-state index in [4.69, 9.17) is 11.6 Å². The molecule has 17 heavy (non-hydrogen) atoms. The van der Waals surface area contributed by atoms with Crippen molar-refractivity contribution in [2.45, 2.75) is 38.9 Å². The molecule has 2 aromatic rings. The topological polar surface area (TPSA) is 0 Å². The maximum atomic E-state index is 6.06. The third-order valence-electron chi connectivity index (χ3n) is 4.03. The van der Waals surface area contributed by atoms with Crippen LogP contribution in [0.15, 0.2) is 24.3 Å². The van der Waals surface area contributed by atoms with Crippen LogP contribution in [0.2, 0.25) is 23.2 Å². The van der Waals surface area contributed by atoms with Gasteiger partial charge in [0, 0.05) is 9.72 Å². The monoisotopic (exact) mass is 282 g/mol. The minimum Gasteiger partial charge on any atom is -0.145 e. The summed E-state index contributed by atoms with van der Waals surface area (Å²) in [6.45, 7) is 7.07. The summed E-state index contributed by atoms with van der Waals surface area (Å²) in [4.78, 5) is 0. The number of fused-ring (bicyclic) bond motifs is 1. The second-order valence-electron chi connectivity index (χ2n) is 4.63. The summed E-state index contributed by atoms with van der Waals surface area (Å²) in [7, 11) is -1.22. The zero-order valence-corrected chi connectivity index (χ0v) is 13.3. The molecule has 0 nitrogen and oxygen atoms in total. The number of benzene rings is 1. The minimum absolute atomic E-state index is 0.846. The van der Waals surface area contributed by atoms with Gasteiger partial charge < -0.3 is 0 Å². The van der Waals surface area contributed by atoms with Crippen molar-refractivity contribution in [1.82, 2.24) is 0 Å². The Balaban J connectivity index is 2.55. The van der Waals surface area contributed by atoms with E-state index in [1.54, 1.807) is 4.50 Å². The predicted molar refractivity (Wildman–Crippen MR) is 83.7 cm³/mol. The van der Waals surface area contributed by atoms with Crippen LogP contribution in [-0.2, 0) is 0 Å². The molecule has 0 aliphatic carbocycles. The van der Waals surface area contributed by atoms with Crippen molar-refractivity contribution in [1.29, 1.82) is 0 Å². The van der Waals surface area contributed by atoms with Gasteiger partial charge in [-0.1, -0.05) is 50.5 Å². The first-order valence-corrected chi connectivity index (χ1v) is 10.2.